The summed E-state index contributed by atoms with van der Waals surface area (Å²) >= 11 is 0. The van der Waals surface area contributed by atoms with Crippen LogP contribution in [0.3, 0.4) is 0 Å². The highest BCUT2D eigenvalue weighted by Crippen LogP contribution is 2.28. The molecule has 2 N–H and O–H groups in total. The third-order valence-electron chi connectivity index (χ3n) is 4.09. The van der Waals surface area contributed by atoms with Crippen molar-refractivity contribution in [2.24, 2.45) is 0 Å². The molecular formula is C19H23F3N3O3+. The molecule has 0 saturated carbocycles. The van der Waals surface area contributed by atoms with E-state index in [0.29, 0.717) is 17.9 Å². The third-order valence-corrected chi connectivity index (χ3v) is 4.09. The van der Waals surface area contributed by atoms with Gasteiger partial charge >= 0.3 is 6.18 Å². The Morgan fingerprint density at radius 3 is 2.43 bits per heavy atom. The molecule has 1 heterocycles. The van der Waals surface area contributed by atoms with Crippen molar-refractivity contribution in [3.8, 4) is 0 Å². The van der Waals surface area contributed by atoms with Crippen LogP contribution in [-0.4, -0.2) is 43.9 Å². The normalized spacial score (nSPS) is 12.5. The first kappa shape index (κ1) is 21.5. The van der Waals surface area contributed by atoms with E-state index >= 15 is 0 Å². The molecule has 2 aromatic rings. The molecule has 0 aliphatic rings. The van der Waals surface area contributed by atoms with Gasteiger partial charge in [0, 0.05) is 12.6 Å². The van der Waals surface area contributed by atoms with Crippen molar-refractivity contribution in [3.63, 3.8) is 0 Å². The second-order valence-corrected chi connectivity index (χ2v) is 6.61. The summed E-state index contributed by atoms with van der Waals surface area (Å²) in [5.41, 5.74) is -0.0117. The summed E-state index contributed by atoms with van der Waals surface area (Å²) in [5, 5.41) is 2.66. The van der Waals surface area contributed by atoms with E-state index < -0.39 is 11.7 Å². The largest absolute Gasteiger partial charge is 0.467 e. The van der Waals surface area contributed by atoms with Crippen LogP contribution in [0, 0.1) is 0 Å². The smallest absolute Gasteiger partial charge is 0.416 e. The molecule has 1 unspecified atom stereocenters. The lowest BCUT2D eigenvalue weighted by Crippen LogP contribution is -3.08. The zero-order valence-corrected chi connectivity index (χ0v) is 15.7. The minimum absolute atomic E-state index is 0.0902. The second-order valence-electron chi connectivity index (χ2n) is 6.61. The third kappa shape index (κ3) is 6.73. The Kier molecular flexibility index (Phi) is 7.22. The zero-order chi connectivity index (χ0) is 20.7. The molecule has 2 amide bonds. The van der Waals surface area contributed by atoms with Crippen LogP contribution in [0.25, 0.3) is 0 Å². The van der Waals surface area contributed by atoms with Crippen LogP contribution in [0.5, 0.6) is 0 Å². The number of amides is 2. The van der Waals surface area contributed by atoms with E-state index in [0.717, 1.165) is 17.0 Å². The molecule has 0 aliphatic heterocycles. The molecule has 0 fully saturated rings. The molecule has 0 saturated heterocycles. The van der Waals surface area contributed by atoms with Crippen molar-refractivity contribution >= 4 is 11.8 Å². The van der Waals surface area contributed by atoms with Crippen molar-refractivity contribution < 1.29 is 32.1 Å². The number of nitrogens with zero attached hydrogens (tertiary/aromatic N) is 1. The van der Waals surface area contributed by atoms with E-state index in [1.54, 1.807) is 19.2 Å². The summed E-state index contributed by atoms with van der Waals surface area (Å²) in [6, 6.07) is 8.31. The van der Waals surface area contributed by atoms with Gasteiger partial charge in [0.05, 0.1) is 32.0 Å². The molecule has 0 bridgehead atoms. The van der Waals surface area contributed by atoms with Gasteiger partial charge in [-0.05, 0) is 24.3 Å². The number of hydrogen-bond acceptors (Lipinski definition) is 3. The standard InChI is InChI=1S/C19H22F3N3O3/c1-24(11-14-5-7-15(8-6-14)19(20,21)22)13-18(27)25(2)12-17(26)23-10-16-4-3-9-28-16/h3-9H,10-13H2,1-2H3,(H,23,26)/p+1. The molecular weight excluding hydrogens is 375 g/mol. The Labute approximate surface area is 160 Å². The van der Waals surface area contributed by atoms with Gasteiger partial charge in [-0.15, -0.1) is 0 Å². The van der Waals surface area contributed by atoms with Gasteiger partial charge in [0.2, 0.25) is 5.91 Å². The first-order valence-electron chi connectivity index (χ1n) is 8.65. The van der Waals surface area contributed by atoms with Crippen LogP contribution in [0.15, 0.2) is 47.1 Å². The second kappa shape index (κ2) is 9.41. The van der Waals surface area contributed by atoms with Crippen molar-refractivity contribution in [1.29, 1.82) is 0 Å². The van der Waals surface area contributed by atoms with E-state index in [1.165, 1.54) is 30.3 Å². The highest BCUT2D eigenvalue weighted by molar-refractivity contribution is 5.84. The Morgan fingerprint density at radius 2 is 1.86 bits per heavy atom. The predicted octanol–water partition coefficient (Wildman–Crippen LogP) is 1.09. The molecule has 152 valence electrons. The zero-order valence-electron chi connectivity index (χ0n) is 15.7. The molecule has 6 nitrogen and oxygen atoms in total. The number of furan rings is 1. The number of quaternary nitrogens is 1. The maximum absolute atomic E-state index is 12.6. The number of benzene rings is 1. The van der Waals surface area contributed by atoms with E-state index in [-0.39, 0.29) is 31.4 Å². The summed E-state index contributed by atoms with van der Waals surface area (Å²) in [4.78, 5) is 26.3. The minimum Gasteiger partial charge on any atom is -0.467 e. The minimum atomic E-state index is -4.37. The molecule has 0 aliphatic carbocycles. The summed E-state index contributed by atoms with van der Waals surface area (Å²) in [6.07, 6.45) is -2.86. The van der Waals surface area contributed by atoms with E-state index in [2.05, 4.69) is 5.32 Å². The van der Waals surface area contributed by atoms with Gasteiger partial charge in [0.25, 0.3) is 5.91 Å². The number of carbonyl (C=O) groups is 2. The molecule has 1 aromatic carbocycles. The van der Waals surface area contributed by atoms with Gasteiger partial charge in [0.1, 0.15) is 12.3 Å². The summed E-state index contributed by atoms with van der Waals surface area (Å²) in [7, 11) is 3.29. The number of hydrogen-bond donors (Lipinski definition) is 2. The molecule has 2 rings (SSSR count). The van der Waals surface area contributed by atoms with Crippen LogP contribution in [-0.2, 0) is 28.9 Å². The molecule has 28 heavy (non-hydrogen) atoms. The van der Waals surface area contributed by atoms with Crippen LogP contribution in [0.1, 0.15) is 16.9 Å². The van der Waals surface area contributed by atoms with E-state index in [4.69, 9.17) is 4.42 Å². The SMILES string of the molecule is CN(CC(=O)NCc1ccco1)C(=O)C[NH+](C)Cc1ccc(C(F)(F)F)cc1. The lowest BCUT2D eigenvalue weighted by molar-refractivity contribution is -0.885. The monoisotopic (exact) mass is 398 g/mol. The Hall–Kier alpha value is -2.81. The number of carbonyl (C=O) groups excluding carboxylic acids is 2. The van der Waals surface area contributed by atoms with Crippen LogP contribution < -0.4 is 10.2 Å². The predicted molar refractivity (Wildman–Crippen MR) is 95.1 cm³/mol. The fourth-order valence-electron chi connectivity index (χ4n) is 2.57. The van der Waals surface area contributed by atoms with Gasteiger partial charge in [-0.3, -0.25) is 9.59 Å². The van der Waals surface area contributed by atoms with E-state index in [1.807, 2.05) is 0 Å². The summed E-state index contributed by atoms with van der Waals surface area (Å²) in [6.45, 7) is 0.658. The maximum atomic E-state index is 12.6. The van der Waals surface area contributed by atoms with Gasteiger partial charge in [-0.2, -0.15) is 13.2 Å². The summed E-state index contributed by atoms with van der Waals surface area (Å²) in [5.74, 6) is 0.0632. The van der Waals surface area contributed by atoms with Gasteiger partial charge in [-0.1, -0.05) is 12.1 Å². The molecule has 0 spiro atoms. The van der Waals surface area contributed by atoms with E-state index in [9.17, 15) is 22.8 Å². The van der Waals surface area contributed by atoms with Gasteiger partial charge < -0.3 is 19.5 Å². The lowest BCUT2D eigenvalue weighted by atomic mass is 10.1. The Morgan fingerprint density at radius 1 is 1.18 bits per heavy atom. The number of alkyl halides is 3. The van der Waals surface area contributed by atoms with Crippen molar-refractivity contribution in [3.05, 3.63) is 59.5 Å². The highest BCUT2D eigenvalue weighted by Gasteiger charge is 2.30. The van der Waals surface area contributed by atoms with Gasteiger partial charge in [0.15, 0.2) is 6.54 Å². The fraction of sp³-hybridized carbons (Fsp3) is 0.368. The average molecular weight is 398 g/mol. The summed E-state index contributed by atoms with van der Waals surface area (Å²) < 4.78 is 42.9. The first-order valence-corrected chi connectivity index (χ1v) is 8.65. The average Bonchev–Trinajstić information content (AvgIpc) is 3.13. The maximum Gasteiger partial charge on any atom is 0.416 e. The van der Waals surface area contributed by atoms with Crippen molar-refractivity contribution in [1.82, 2.24) is 10.2 Å². The highest BCUT2D eigenvalue weighted by atomic mass is 19.4. The lowest BCUT2D eigenvalue weighted by Gasteiger charge is -2.20. The first-order chi connectivity index (χ1) is 13.1. The topological polar surface area (TPSA) is 67.0 Å². The Balaban J connectivity index is 1.76. The number of likely N-dealkylation sites (N-methyl/N-ethyl adjacent to an activating group) is 2. The number of nitrogens with one attached hydrogen (secondary N) is 2. The number of rotatable bonds is 8. The number of halogens is 3. The molecule has 1 aromatic heterocycles. The van der Waals surface area contributed by atoms with Crippen LogP contribution in [0.2, 0.25) is 0 Å². The molecule has 9 heteroatoms. The van der Waals surface area contributed by atoms with Crippen LogP contribution >= 0.6 is 0 Å². The van der Waals surface area contributed by atoms with Crippen molar-refractivity contribution in [2.75, 3.05) is 27.2 Å². The van der Waals surface area contributed by atoms with Gasteiger partial charge in [-0.25, -0.2) is 0 Å². The quantitative estimate of drug-likeness (QED) is 0.700. The van der Waals surface area contributed by atoms with Crippen LogP contribution in [0.4, 0.5) is 13.2 Å². The molecule has 1 atom stereocenters. The Bertz CT molecular complexity index is 774. The van der Waals surface area contributed by atoms with Crippen molar-refractivity contribution in [2.45, 2.75) is 19.3 Å². The molecule has 0 radical (unpaired) electrons. The fourth-order valence-corrected chi connectivity index (χ4v) is 2.57.